The molecule has 0 atom stereocenters. The van der Waals surface area contributed by atoms with Crippen LogP contribution in [0.3, 0.4) is 0 Å². The van der Waals surface area contributed by atoms with Gasteiger partial charge in [0.1, 0.15) is 12.4 Å². The molecule has 104 valence electrons. The first kappa shape index (κ1) is 12.9. The molecule has 20 heavy (non-hydrogen) atoms. The maximum atomic E-state index is 12.3. The van der Waals surface area contributed by atoms with E-state index >= 15 is 0 Å². The molecule has 1 aliphatic heterocycles. The predicted molar refractivity (Wildman–Crippen MR) is 77.0 cm³/mol. The minimum absolute atomic E-state index is 0.150. The molecule has 0 radical (unpaired) electrons. The molecule has 0 saturated heterocycles. The first-order valence-corrected chi connectivity index (χ1v) is 6.81. The topological polar surface area (TPSA) is 34.5 Å². The SMILES string of the molecule is Cn1cccc1C(=O)CN1CCOc2ccccc2C1. The zero-order valence-corrected chi connectivity index (χ0v) is 11.6. The maximum absolute atomic E-state index is 12.3. The fourth-order valence-electron chi connectivity index (χ4n) is 2.55. The van der Waals surface area contributed by atoms with Crippen molar-refractivity contribution in [1.82, 2.24) is 9.47 Å². The molecule has 0 spiro atoms. The van der Waals surface area contributed by atoms with Crippen molar-refractivity contribution < 1.29 is 9.53 Å². The molecule has 1 aromatic heterocycles. The lowest BCUT2D eigenvalue weighted by Crippen LogP contribution is -2.32. The van der Waals surface area contributed by atoms with Gasteiger partial charge in [0.25, 0.3) is 0 Å². The number of hydrogen-bond acceptors (Lipinski definition) is 3. The molecule has 1 aliphatic rings. The van der Waals surface area contributed by atoms with Crippen LogP contribution in [0.25, 0.3) is 0 Å². The minimum atomic E-state index is 0.150. The molecule has 2 heterocycles. The van der Waals surface area contributed by atoms with Gasteiger partial charge in [-0.15, -0.1) is 0 Å². The van der Waals surface area contributed by atoms with Gasteiger partial charge in [-0.25, -0.2) is 0 Å². The number of aryl methyl sites for hydroxylation is 1. The lowest BCUT2D eigenvalue weighted by Gasteiger charge is -2.18. The molecular formula is C16H18N2O2. The maximum Gasteiger partial charge on any atom is 0.193 e. The van der Waals surface area contributed by atoms with Crippen LogP contribution >= 0.6 is 0 Å². The second-order valence-electron chi connectivity index (χ2n) is 5.09. The Morgan fingerprint density at radius 3 is 2.90 bits per heavy atom. The van der Waals surface area contributed by atoms with Gasteiger partial charge in [0, 0.05) is 31.9 Å². The average Bonchev–Trinajstić information content (AvgIpc) is 2.76. The van der Waals surface area contributed by atoms with E-state index < -0.39 is 0 Å². The van der Waals surface area contributed by atoms with Gasteiger partial charge in [-0.2, -0.15) is 0 Å². The van der Waals surface area contributed by atoms with Gasteiger partial charge in [0.05, 0.1) is 12.2 Å². The van der Waals surface area contributed by atoms with E-state index in [9.17, 15) is 4.79 Å². The molecule has 2 aromatic rings. The Morgan fingerprint density at radius 2 is 2.10 bits per heavy atom. The zero-order valence-electron chi connectivity index (χ0n) is 11.6. The second-order valence-corrected chi connectivity index (χ2v) is 5.09. The summed E-state index contributed by atoms with van der Waals surface area (Å²) in [5.74, 6) is 1.08. The van der Waals surface area contributed by atoms with Crippen molar-refractivity contribution in [3.05, 3.63) is 53.9 Å². The summed E-state index contributed by atoms with van der Waals surface area (Å²) in [4.78, 5) is 14.5. The molecule has 1 aromatic carbocycles. The van der Waals surface area contributed by atoms with Crippen LogP contribution in [0.4, 0.5) is 0 Å². The highest BCUT2D eigenvalue weighted by atomic mass is 16.5. The molecule has 0 aliphatic carbocycles. The van der Waals surface area contributed by atoms with E-state index in [1.807, 2.05) is 48.1 Å². The number of hydrogen-bond donors (Lipinski definition) is 0. The Balaban J connectivity index is 1.73. The fourth-order valence-corrected chi connectivity index (χ4v) is 2.55. The average molecular weight is 270 g/mol. The number of carbonyl (C=O) groups excluding carboxylic acids is 1. The van der Waals surface area contributed by atoms with Crippen molar-refractivity contribution in [2.24, 2.45) is 7.05 Å². The number of carbonyl (C=O) groups is 1. The Kier molecular flexibility index (Phi) is 3.56. The van der Waals surface area contributed by atoms with Crippen LogP contribution < -0.4 is 4.74 Å². The molecule has 0 fully saturated rings. The minimum Gasteiger partial charge on any atom is -0.492 e. The number of benzene rings is 1. The summed E-state index contributed by atoms with van der Waals surface area (Å²) in [5.41, 5.74) is 1.90. The molecule has 4 nitrogen and oxygen atoms in total. The molecule has 0 N–H and O–H groups in total. The third kappa shape index (κ3) is 2.60. The van der Waals surface area contributed by atoms with Crippen LogP contribution in [0.2, 0.25) is 0 Å². The quantitative estimate of drug-likeness (QED) is 0.801. The van der Waals surface area contributed by atoms with Crippen LogP contribution in [0, 0.1) is 0 Å². The summed E-state index contributed by atoms with van der Waals surface area (Å²) in [5, 5.41) is 0. The van der Waals surface area contributed by atoms with Crippen molar-refractivity contribution in [2.45, 2.75) is 6.54 Å². The summed E-state index contributed by atoms with van der Waals surface area (Å²) >= 11 is 0. The number of ketones is 1. The van der Waals surface area contributed by atoms with E-state index in [4.69, 9.17) is 4.74 Å². The Bertz CT molecular complexity index is 618. The van der Waals surface area contributed by atoms with Crippen LogP contribution in [-0.2, 0) is 13.6 Å². The van der Waals surface area contributed by atoms with Crippen LogP contribution in [-0.4, -0.2) is 34.9 Å². The third-order valence-electron chi connectivity index (χ3n) is 3.63. The third-order valence-corrected chi connectivity index (χ3v) is 3.63. The van der Waals surface area contributed by atoms with E-state index in [1.165, 1.54) is 0 Å². The van der Waals surface area contributed by atoms with Gasteiger partial charge in [0.2, 0.25) is 0 Å². The van der Waals surface area contributed by atoms with Gasteiger partial charge in [-0.1, -0.05) is 18.2 Å². The first-order valence-electron chi connectivity index (χ1n) is 6.81. The van der Waals surface area contributed by atoms with Gasteiger partial charge in [0.15, 0.2) is 5.78 Å². The Hall–Kier alpha value is -2.07. The van der Waals surface area contributed by atoms with Crippen LogP contribution in [0.1, 0.15) is 16.1 Å². The fraction of sp³-hybridized carbons (Fsp3) is 0.312. The number of ether oxygens (including phenoxy) is 1. The highest BCUT2D eigenvalue weighted by Crippen LogP contribution is 2.22. The summed E-state index contributed by atoms with van der Waals surface area (Å²) in [7, 11) is 1.90. The number of aromatic nitrogens is 1. The lowest BCUT2D eigenvalue weighted by molar-refractivity contribution is 0.0913. The smallest absolute Gasteiger partial charge is 0.193 e. The molecule has 0 bridgehead atoms. The molecule has 0 unspecified atom stereocenters. The number of Topliss-reactive ketones (excluding diaryl/α,β-unsaturated/α-hetero) is 1. The Morgan fingerprint density at radius 1 is 1.25 bits per heavy atom. The van der Waals surface area contributed by atoms with E-state index in [0.717, 1.165) is 30.1 Å². The van der Waals surface area contributed by atoms with Crippen molar-refractivity contribution in [1.29, 1.82) is 0 Å². The standard InChI is InChI=1S/C16H18N2O2/c1-17-8-4-6-14(17)15(19)12-18-9-10-20-16-7-3-2-5-13(16)11-18/h2-8H,9-12H2,1H3. The summed E-state index contributed by atoms with van der Waals surface area (Å²) in [6.45, 7) is 2.57. The lowest BCUT2D eigenvalue weighted by atomic mass is 10.2. The van der Waals surface area contributed by atoms with Crippen molar-refractivity contribution >= 4 is 5.78 Å². The van der Waals surface area contributed by atoms with Gasteiger partial charge < -0.3 is 9.30 Å². The summed E-state index contributed by atoms with van der Waals surface area (Å²) < 4.78 is 7.58. The first-order chi connectivity index (χ1) is 9.74. The van der Waals surface area contributed by atoms with E-state index in [-0.39, 0.29) is 5.78 Å². The molecular weight excluding hydrogens is 252 g/mol. The number of rotatable bonds is 3. The van der Waals surface area contributed by atoms with Gasteiger partial charge >= 0.3 is 0 Å². The van der Waals surface area contributed by atoms with E-state index in [0.29, 0.717) is 13.2 Å². The second kappa shape index (κ2) is 5.51. The Labute approximate surface area is 118 Å². The van der Waals surface area contributed by atoms with Crippen molar-refractivity contribution in [3.8, 4) is 5.75 Å². The van der Waals surface area contributed by atoms with E-state index in [2.05, 4.69) is 11.0 Å². The summed E-state index contributed by atoms with van der Waals surface area (Å²) in [6, 6.07) is 11.8. The van der Waals surface area contributed by atoms with Crippen LogP contribution in [0.15, 0.2) is 42.6 Å². The summed E-state index contributed by atoms with van der Waals surface area (Å²) in [6.07, 6.45) is 1.90. The van der Waals surface area contributed by atoms with Crippen molar-refractivity contribution in [2.75, 3.05) is 19.7 Å². The van der Waals surface area contributed by atoms with Gasteiger partial charge in [-0.3, -0.25) is 9.69 Å². The largest absolute Gasteiger partial charge is 0.492 e. The van der Waals surface area contributed by atoms with Gasteiger partial charge in [-0.05, 0) is 18.2 Å². The zero-order chi connectivity index (χ0) is 13.9. The van der Waals surface area contributed by atoms with E-state index in [1.54, 1.807) is 0 Å². The molecule has 4 heteroatoms. The number of nitrogens with zero attached hydrogens (tertiary/aromatic N) is 2. The predicted octanol–water partition coefficient (Wildman–Crippen LogP) is 2.10. The van der Waals surface area contributed by atoms with Crippen LogP contribution in [0.5, 0.6) is 5.75 Å². The molecule has 3 rings (SSSR count). The number of para-hydroxylation sites is 1. The highest BCUT2D eigenvalue weighted by molar-refractivity contribution is 5.96. The molecule has 0 saturated carbocycles. The normalized spacial score (nSPS) is 15.2. The monoisotopic (exact) mass is 270 g/mol. The number of fused-ring (bicyclic) bond motifs is 1. The molecule has 0 amide bonds. The van der Waals surface area contributed by atoms with Crippen molar-refractivity contribution in [3.63, 3.8) is 0 Å². The highest BCUT2D eigenvalue weighted by Gasteiger charge is 2.19.